The third kappa shape index (κ3) is 3.73. The Morgan fingerprint density at radius 1 is 1.06 bits per heavy atom. The van der Waals surface area contributed by atoms with E-state index < -0.39 is 0 Å². The van der Waals surface area contributed by atoms with Gasteiger partial charge in [0.1, 0.15) is 0 Å². The highest BCUT2D eigenvalue weighted by atomic mass is 16.3. The molecule has 5 rings (SSSR count). The van der Waals surface area contributed by atoms with Crippen LogP contribution in [0.25, 0.3) is 16.8 Å². The Balaban J connectivity index is 1.50. The molecule has 6 nitrogen and oxygen atoms in total. The molecule has 1 aromatic carbocycles. The lowest BCUT2D eigenvalue weighted by Gasteiger charge is -2.38. The van der Waals surface area contributed by atoms with Gasteiger partial charge in [0.05, 0.1) is 24.0 Å². The van der Waals surface area contributed by atoms with E-state index in [0.717, 1.165) is 48.4 Å². The molecule has 0 amide bonds. The van der Waals surface area contributed by atoms with Gasteiger partial charge in [-0.15, -0.1) is 0 Å². The van der Waals surface area contributed by atoms with E-state index in [4.69, 9.17) is 5.10 Å². The first-order chi connectivity index (χ1) is 15.3. The van der Waals surface area contributed by atoms with Crippen molar-refractivity contribution in [2.45, 2.75) is 31.7 Å². The van der Waals surface area contributed by atoms with Gasteiger partial charge in [-0.3, -0.25) is 9.88 Å². The van der Waals surface area contributed by atoms with Crippen LogP contribution in [0.5, 0.6) is 0 Å². The van der Waals surface area contributed by atoms with Crippen molar-refractivity contribution in [1.82, 2.24) is 24.5 Å². The molecular weight excluding hydrogens is 386 g/mol. The lowest BCUT2D eigenvalue weighted by atomic mass is 9.92. The molecule has 0 saturated carbocycles. The molecule has 1 aliphatic rings. The number of benzene rings is 1. The van der Waals surface area contributed by atoms with Gasteiger partial charge in [0.25, 0.3) is 0 Å². The van der Waals surface area contributed by atoms with Crippen LogP contribution in [0.15, 0.2) is 67.1 Å². The smallest absolute Gasteiger partial charge is 0.163 e. The van der Waals surface area contributed by atoms with Crippen LogP contribution in [-0.4, -0.2) is 49.3 Å². The standard InChI is InChI=1S/C25H27N5O/c1-18-24(20-9-12-26-13-10-20)25-27-14-11-22(30(25)28-18)21-8-5-15-29(16-21)23(17-31)19-6-3-2-4-7-19/h2-4,6-7,9-14,21,23,31H,5,8,15-17H2,1H3/t21-,23-/m1/s1. The van der Waals surface area contributed by atoms with Crippen molar-refractivity contribution in [3.63, 3.8) is 0 Å². The summed E-state index contributed by atoms with van der Waals surface area (Å²) in [6.07, 6.45) is 7.71. The fourth-order valence-electron chi connectivity index (χ4n) is 4.87. The van der Waals surface area contributed by atoms with Gasteiger partial charge in [0.15, 0.2) is 5.65 Å². The molecule has 0 radical (unpaired) electrons. The van der Waals surface area contributed by atoms with Crippen LogP contribution in [0.3, 0.4) is 0 Å². The fraction of sp³-hybridized carbons (Fsp3) is 0.320. The van der Waals surface area contributed by atoms with E-state index in [2.05, 4.69) is 33.1 Å². The van der Waals surface area contributed by atoms with Gasteiger partial charge in [0, 0.05) is 36.6 Å². The van der Waals surface area contributed by atoms with Crippen molar-refractivity contribution in [1.29, 1.82) is 0 Å². The molecule has 4 aromatic rings. The number of aliphatic hydroxyl groups excluding tert-OH is 1. The predicted octanol–water partition coefficient (Wildman–Crippen LogP) is 4.01. The van der Waals surface area contributed by atoms with Gasteiger partial charge in [0.2, 0.25) is 0 Å². The minimum atomic E-state index is 0.0214. The summed E-state index contributed by atoms with van der Waals surface area (Å²) >= 11 is 0. The number of piperidine rings is 1. The first-order valence-electron chi connectivity index (χ1n) is 10.9. The average molecular weight is 414 g/mol. The van der Waals surface area contributed by atoms with E-state index in [9.17, 15) is 5.11 Å². The Morgan fingerprint density at radius 3 is 2.65 bits per heavy atom. The Kier molecular flexibility index (Phi) is 5.49. The quantitative estimate of drug-likeness (QED) is 0.535. The zero-order chi connectivity index (χ0) is 21.2. The van der Waals surface area contributed by atoms with Crippen LogP contribution in [0.2, 0.25) is 0 Å². The minimum absolute atomic E-state index is 0.0214. The lowest BCUT2D eigenvalue weighted by Crippen LogP contribution is -2.39. The summed E-state index contributed by atoms with van der Waals surface area (Å²) in [5.41, 5.74) is 6.36. The second kappa shape index (κ2) is 8.57. The highest BCUT2D eigenvalue weighted by Crippen LogP contribution is 2.34. The molecule has 1 fully saturated rings. The number of aliphatic hydroxyl groups is 1. The summed E-state index contributed by atoms with van der Waals surface area (Å²) in [6, 6.07) is 16.4. The summed E-state index contributed by atoms with van der Waals surface area (Å²) in [4.78, 5) is 11.2. The molecule has 3 aromatic heterocycles. The largest absolute Gasteiger partial charge is 0.394 e. The average Bonchev–Trinajstić information content (AvgIpc) is 3.17. The molecule has 0 bridgehead atoms. The number of aromatic nitrogens is 4. The fourth-order valence-corrected chi connectivity index (χ4v) is 4.87. The van der Waals surface area contributed by atoms with E-state index in [1.165, 1.54) is 11.3 Å². The van der Waals surface area contributed by atoms with Crippen molar-refractivity contribution >= 4 is 5.65 Å². The zero-order valence-electron chi connectivity index (χ0n) is 17.7. The third-order valence-electron chi connectivity index (χ3n) is 6.36. The Morgan fingerprint density at radius 2 is 1.87 bits per heavy atom. The monoisotopic (exact) mass is 413 g/mol. The molecule has 1 saturated heterocycles. The highest BCUT2D eigenvalue weighted by Gasteiger charge is 2.29. The van der Waals surface area contributed by atoms with Crippen molar-refractivity contribution in [2.75, 3.05) is 19.7 Å². The maximum absolute atomic E-state index is 10.2. The van der Waals surface area contributed by atoms with E-state index in [1.54, 1.807) is 12.4 Å². The number of likely N-dealkylation sites (tertiary alicyclic amines) is 1. The minimum Gasteiger partial charge on any atom is -0.394 e. The highest BCUT2D eigenvalue weighted by molar-refractivity contribution is 5.79. The maximum atomic E-state index is 10.2. The summed E-state index contributed by atoms with van der Waals surface area (Å²) in [7, 11) is 0. The number of rotatable bonds is 5. The van der Waals surface area contributed by atoms with Gasteiger partial charge in [-0.25, -0.2) is 9.50 Å². The van der Waals surface area contributed by atoms with E-state index in [1.807, 2.05) is 48.0 Å². The molecule has 158 valence electrons. The molecule has 0 spiro atoms. The third-order valence-corrected chi connectivity index (χ3v) is 6.36. The second-order valence-electron chi connectivity index (χ2n) is 8.24. The van der Waals surface area contributed by atoms with Crippen LogP contribution in [0.1, 0.15) is 41.8 Å². The maximum Gasteiger partial charge on any atom is 0.163 e. The number of hydrogen-bond acceptors (Lipinski definition) is 5. The first kappa shape index (κ1) is 19.8. The Bertz CT molecular complexity index is 1160. The number of nitrogens with zero attached hydrogens (tertiary/aromatic N) is 5. The predicted molar refractivity (Wildman–Crippen MR) is 121 cm³/mol. The molecular formula is C25H27N5O. The SMILES string of the molecule is Cc1nn2c([C@@H]3CCCN([C@H](CO)c4ccccc4)C3)ccnc2c1-c1ccncc1. The van der Waals surface area contributed by atoms with E-state index >= 15 is 0 Å². The number of hydrogen-bond donors (Lipinski definition) is 1. The second-order valence-corrected chi connectivity index (χ2v) is 8.24. The summed E-state index contributed by atoms with van der Waals surface area (Å²) in [5, 5.41) is 15.0. The van der Waals surface area contributed by atoms with Gasteiger partial charge >= 0.3 is 0 Å². The van der Waals surface area contributed by atoms with E-state index in [0.29, 0.717) is 5.92 Å². The van der Waals surface area contributed by atoms with Crippen molar-refractivity contribution in [3.05, 3.63) is 84.1 Å². The molecule has 6 heteroatoms. The Labute approximate surface area is 182 Å². The van der Waals surface area contributed by atoms with Gasteiger partial charge in [-0.2, -0.15) is 5.10 Å². The lowest BCUT2D eigenvalue weighted by molar-refractivity contribution is 0.0942. The summed E-state index contributed by atoms with van der Waals surface area (Å²) in [5.74, 6) is 0.335. The van der Waals surface area contributed by atoms with Crippen LogP contribution in [0.4, 0.5) is 0 Å². The molecule has 1 aliphatic heterocycles. The van der Waals surface area contributed by atoms with Crippen molar-refractivity contribution in [3.8, 4) is 11.1 Å². The zero-order valence-corrected chi connectivity index (χ0v) is 17.7. The summed E-state index contributed by atoms with van der Waals surface area (Å²) < 4.78 is 2.02. The van der Waals surface area contributed by atoms with Crippen LogP contribution in [-0.2, 0) is 0 Å². The molecule has 1 N–H and O–H groups in total. The molecule has 0 unspecified atom stereocenters. The number of aryl methyl sites for hydroxylation is 1. The molecule has 4 heterocycles. The van der Waals surface area contributed by atoms with Crippen LogP contribution < -0.4 is 0 Å². The van der Waals surface area contributed by atoms with Crippen molar-refractivity contribution in [2.24, 2.45) is 0 Å². The number of fused-ring (bicyclic) bond motifs is 1. The van der Waals surface area contributed by atoms with E-state index in [-0.39, 0.29) is 12.6 Å². The van der Waals surface area contributed by atoms with Crippen LogP contribution >= 0.6 is 0 Å². The summed E-state index contributed by atoms with van der Waals surface area (Å²) in [6.45, 7) is 4.04. The first-order valence-corrected chi connectivity index (χ1v) is 10.9. The number of pyridine rings is 1. The molecule has 31 heavy (non-hydrogen) atoms. The Hall–Kier alpha value is -3.09. The van der Waals surface area contributed by atoms with Crippen molar-refractivity contribution < 1.29 is 5.11 Å². The molecule has 2 atom stereocenters. The molecule has 0 aliphatic carbocycles. The van der Waals surface area contributed by atoms with Crippen LogP contribution in [0, 0.1) is 6.92 Å². The normalized spacial score (nSPS) is 18.3. The topological polar surface area (TPSA) is 66.5 Å². The van der Waals surface area contributed by atoms with Gasteiger partial charge in [-0.05, 0) is 55.6 Å². The van der Waals surface area contributed by atoms with Gasteiger partial charge < -0.3 is 5.11 Å². The van der Waals surface area contributed by atoms with Gasteiger partial charge in [-0.1, -0.05) is 30.3 Å².